The van der Waals surface area contributed by atoms with Crippen molar-refractivity contribution in [2.75, 3.05) is 5.75 Å². The smallest absolute Gasteiger partial charge is 0.00978 e. The van der Waals surface area contributed by atoms with Gasteiger partial charge < -0.3 is 0 Å². The van der Waals surface area contributed by atoms with Gasteiger partial charge in [0.2, 0.25) is 0 Å². The number of hydrogen-bond acceptors (Lipinski definition) is 1. The van der Waals surface area contributed by atoms with Gasteiger partial charge in [0.15, 0.2) is 0 Å². The van der Waals surface area contributed by atoms with E-state index in [9.17, 15) is 0 Å². The SMILES string of the molecule is SCCCCC1=CC=CCC1. The molecule has 1 aliphatic rings. The van der Waals surface area contributed by atoms with Crippen molar-refractivity contribution in [2.45, 2.75) is 32.1 Å². The summed E-state index contributed by atoms with van der Waals surface area (Å²) >= 11 is 4.19. The Kier molecular flexibility index (Phi) is 4.44. The molecule has 0 saturated heterocycles. The van der Waals surface area contributed by atoms with Crippen molar-refractivity contribution >= 4 is 12.6 Å². The van der Waals surface area contributed by atoms with Crippen LogP contribution in [0.1, 0.15) is 32.1 Å². The Labute approximate surface area is 74.8 Å². The molecule has 1 heteroatoms. The van der Waals surface area contributed by atoms with E-state index in [0.717, 1.165) is 5.75 Å². The van der Waals surface area contributed by atoms with Gasteiger partial charge in [-0.1, -0.05) is 23.8 Å². The fraction of sp³-hybridized carbons (Fsp3) is 0.600. The molecule has 1 aliphatic carbocycles. The van der Waals surface area contributed by atoms with Crippen LogP contribution in [-0.2, 0) is 0 Å². The Balaban J connectivity index is 2.15. The van der Waals surface area contributed by atoms with Gasteiger partial charge >= 0.3 is 0 Å². The number of hydrogen-bond donors (Lipinski definition) is 1. The van der Waals surface area contributed by atoms with Crippen LogP contribution in [0.2, 0.25) is 0 Å². The highest BCUT2D eigenvalue weighted by molar-refractivity contribution is 7.80. The van der Waals surface area contributed by atoms with E-state index in [4.69, 9.17) is 0 Å². The molecule has 0 radical (unpaired) electrons. The van der Waals surface area contributed by atoms with Crippen molar-refractivity contribution in [1.29, 1.82) is 0 Å². The molecule has 0 bridgehead atoms. The summed E-state index contributed by atoms with van der Waals surface area (Å²) in [6.07, 6.45) is 13.1. The standard InChI is InChI=1S/C10H16S/c11-9-5-4-8-10-6-2-1-3-7-10/h1-2,6,11H,3-5,7-9H2. The highest BCUT2D eigenvalue weighted by Gasteiger charge is 1.98. The van der Waals surface area contributed by atoms with Gasteiger partial charge in [0.25, 0.3) is 0 Å². The maximum absolute atomic E-state index is 4.19. The molecule has 0 aromatic rings. The van der Waals surface area contributed by atoms with Crippen molar-refractivity contribution in [1.82, 2.24) is 0 Å². The lowest BCUT2D eigenvalue weighted by Gasteiger charge is -2.07. The summed E-state index contributed by atoms with van der Waals surface area (Å²) in [5.41, 5.74) is 1.62. The van der Waals surface area contributed by atoms with Gasteiger partial charge in [0, 0.05) is 0 Å². The zero-order valence-corrected chi connectivity index (χ0v) is 7.82. The van der Waals surface area contributed by atoms with Crippen LogP contribution >= 0.6 is 12.6 Å². The first-order chi connectivity index (χ1) is 5.43. The van der Waals surface area contributed by atoms with Gasteiger partial charge in [-0.25, -0.2) is 0 Å². The van der Waals surface area contributed by atoms with Crippen LogP contribution in [0.5, 0.6) is 0 Å². The van der Waals surface area contributed by atoms with Crippen LogP contribution in [0, 0.1) is 0 Å². The fourth-order valence-electron chi connectivity index (χ4n) is 1.32. The highest BCUT2D eigenvalue weighted by atomic mass is 32.1. The lowest BCUT2D eigenvalue weighted by atomic mass is 10.00. The summed E-state index contributed by atoms with van der Waals surface area (Å²) < 4.78 is 0. The fourth-order valence-corrected chi connectivity index (χ4v) is 1.55. The first-order valence-corrected chi connectivity index (χ1v) is 5.02. The average Bonchev–Trinajstić information content (AvgIpc) is 2.07. The van der Waals surface area contributed by atoms with Crippen molar-refractivity contribution in [3.63, 3.8) is 0 Å². The number of thiol groups is 1. The van der Waals surface area contributed by atoms with Crippen LogP contribution in [0.3, 0.4) is 0 Å². The maximum Gasteiger partial charge on any atom is -0.00978 e. The molecule has 0 aliphatic heterocycles. The van der Waals surface area contributed by atoms with E-state index >= 15 is 0 Å². The number of allylic oxidation sites excluding steroid dienone is 4. The first kappa shape index (κ1) is 8.92. The average molecular weight is 168 g/mol. The molecule has 1 rings (SSSR count). The molecule has 0 heterocycles. The van der Waals surface area contributed by atoms with Gasteiger partial charge in [0.05, 0.1) is 0 Å². The second-order valence-corrected chi connectivity index (χ2v) is 3.42. The molecule has 0 spiro atoms. The molecule has 0 amide bonds. The minimum absolute atomic E-state index is 1.03. The second-order valence-electron chi connectivity index (χ2n) is 2.97. The van der Waals surface area contributed by atoms with E-state index in [1.165, 1.54) is 32.1 Å². The van der Waals surface area contributed by atoms with Crippen molar-refractivity contribution in [2.24, 2.45) is 0 Å². The Morgan fingerprint density at radius 3 is 2.91 bits per heavy atom. The molecular formula is C10H16S. The summed E-state index contributed by atoms with van der Waals surface area (Å²) in [5, 5.41) is 0. The Hall–Kier alpha value is -0.170. The molecule has 0 atom stereocenters. The van der Waals surface area contributed by atoms with E-state index in [-0.39, 0.29) is 0 Å². The zero-order chi connectivity index (χ0) is 7.94. The van der Waals surface area contributed by atoms with E-state index in [1.807, 2.05) is 0 Å². The molecule has 0 saturated carbocycles. The molecule has 0 fully saturated rings. The summed E-state index contributed by atoms with van der Waals surface area (Å²) in [6.45, 7) is 0. The number of unbranched alkanes of at least 4 members (excludes halogenated alkanes) is 1. The molecule has 0 nitrogen and oxygen atoms in total. The summed E-state index contributed by atoms with van der Waals surface area (Å²) in [5.74, 6) is 1.03. The minimum atomic E-state index is 1.03. The van der Waals surface area contributed by atoms with Gasteiger partial charge in [-0.3, -0.25) is 0 Å². The summed E-state index contributed by atoms with van der Waals surface area (Å²) in [6, 6.07) is 0. The van der Waals surface area contributed by atoms with Crippen LogP contribution in [0.15, 0.2) is 23.8 Å². The van der Waals surface area contributed by atoms with E-state index in [1.54, 1.807) is 5.57 Å². The third-order valence-electron chi connectivity index (χ3n) is 2.01. The lowest BCUT2D eigenvalue weighted by molar-refractivity contribution is 0.756. The third-order valence-corrected chi connectivity index (χ3v) is 2.32. The van der Waals surface area contributed by atoms with Crippen LogP contribution in [-0.4, -0.2) is 5.75 Å². The molecule has 0 N–H and O–H groups in total. The van der Waals surface area contributed by atoms with Crippen LogP contribution in [0.4, 0.5) is 0 Å². The molecular weight excluding hydrogens is 152 g/mol. The minimum Gasteiger partial charge on any atom is -0.179 e. The quantitative estimate of drug-likeness (QED) is 0.483. The first-order valence-electron chi connectivity index (χ1n) is 4.39. The summed E-state index contributed by atoms with van der Waals surface area (Å²) in [7, 11) is 0. The predicted octanol–water partition coefficient (Wildman–Crippen LogP) is 3.36. The van der Waals surface area contributed by atoms with Crippen LogP contribution < -0.4 is 0 Å². The van der Waals surface area contributed by atoms with Crippen molar-refractivity contribution < 1.29 is 0 Å². The number of rotatable bonds is 4. The molecule has 0 aromatic carbocycles. The monoisotopic (exact) mass is 168 g/mol. The Morgan fingerprint density at radius 1 is 1.36 bits per heavy atom. The second kappa shape index (κ2) is 5.48. The third kappa shape index (κ3) is 3.66. The van der Waals surface area contributed by atoms with E-state index in [2.05, 4.69) is 30.9 Å². The lowest BCUT2D eigenvalue weighted by Crippen LogP contribution is -1.88. The molecule has 11 heavy (non-hydrogen) atoms. The van der Waals surface area contributed by atoms with Gasteiger partial charge in [-0.2, -0.15) is 12.6 Å². The molecule has 0 unspecified atom stereocenters. The van der Waals surface area contributed by atoms with Gasteiger partial charge in [0.1, 0.15) is 0 Å². The predicted molar refractivity (Wildman–Crippen MR) is 54.2 cm³/mol. The van der Waals surface area contributed by atoms with Crippen LogP contribution in [0.25, 0.3) is 0 Å². The zero-order valence-electron chi connectivity index (χ0n) is 6.92. The summed E-state index contributed by atoms with van der Waals surface area (Å²) in [4.78, 5) is 0. The molecule has 62 valence electrons. The van der Waals surface area contributed by atoms with Gasteiger partial charge in [-0.05, 0) is 37.9 Å². The van der Waals surface area contributed by atoms with E-state index < -0.39 is 0 Å². The van der Waals surface area contributed by atoms with Gasteiger partial charge in [-0.15, -0.1) is 0 Å². The Bertz CT molecular complexity index is 156. The maximum atomic E-state index is 4.19. The normalized spacial score (nSPS) is 16.6. The van der Waals surface area contributed by atoms with Crippen molar-refractivity contribution in [3.8, 4) is 0 Å². The highest BCUT2D eigenvalue weighted by Crippen LogP contribution is 2.17. The molecule has 0 aromatic heterocycles. The van der Waals surface area contributed by atoms with E-state index in [0.29, 0.717) is 0 Å². The topological polar surface area (TPSA) is 0 Å². The Morgan fingerprint density at radius 2 is 2.27 bits per heavy atom. The van der Waals surface area contributed by atoms with Crippen molar-refractivity contribution in [3.05, 3.63) is 23.8 Å². The largest absolute Gasteiger partial charge is 0.179 e.